The first-order valence-electron chi connectivity index (χ1n) is 6.22. The first-order chi connectivity index (χ1) is 10.8. The molecule has 0 spiro atoms. The first kappa shape index (κ1) is 17.4. The number of primary amides is 1. The summed E-state index contributed by atoms with van der Waals surface area (Å²) in [6, 6.07) is 3.93. The summed E-state index contributed by atoms with van der Waals surface area (Å²) in [5.41, 5.74) is 5.41. The fourth-order valence-electron chi connectivity index (χ4n) is 1.64. The van der Waals surface area contributed by atoms with Crippen LogP contribution in [0.4, 0.5) is 4.79 Å². The van der Waals surface area contributed by atoms with Gasteiger partial charge in [-0.15, -0.1) is 10.2 Å². The zero-order valence-corrected chi connectivity index (χ0v) is 14.1. The van der Waals surface area contributed by atoms with Crippen molar-refractivity contribution in [3.8, 4) is 11.4 Å². The summed E-state index contributed by atoms with van der Waals surface area (Å²) in [4.78, 5) is 22.4. The van der Waals surface area contributed by atoms with Gasteiger partial charge in [-0.1, -0.05) is 35.0 Å². The minimum absolute atomic E-state index is 0.267. The Bertz CT molecular complexity index is 766. The predicted molar refractivity (Wildman–Crippen MR) is 88.7 cm³/mol. The van der Waals surface area contributed by atoms with Gasteiger partial charge in [0.2, 0.25) is 11.1 Å². The highest BCUT2D eigenvalue weighted by atomic mass is 35.5. The molecule has 0 unspecified atom stereocenters. The van der Waals surface area contributed by atoms with Crippen molar-refractivity contribution in [3.05, 3.63) is 28.2 Å². The van der Waals surface area contributed by atoms with Crippen LogP contribution < -0.4 is 16.9 Å². The molecule has 5 N–H and O–H groups in total. The fraction of sp³-hybridized carbons (Fsp3) is 0.167. The summed E-state index contributed by atoms with van der Waals surface area (Å²) in [6.07, 6.45) is 0. The van der Waals surface area contributed by atoms with Crippen molar-refractivity contribution in [2.24, 2.45) is 5.73 Å². The molecule has 2 rings (SSSR count). The molecule has 0 radical (unpaired) electrons. The third-order valence-corrected chi connectivity index (χ3v) is 4.35. The number of rotatable bonds is 4. The Hall–Kier alpha value is -1.97. The summed E-state index contributed by atoms with van der Waals surface area (Å²) in [5.74, 6) is 5.68. The van der Waals surface area contributed by atoms with Gasteiger partial charge in [-0.2, -0.15) is 0 Å². The van der Waals surface area contributed by atoms with Crippen molar-refractivity contribution in [1.82, 2.24) is 20.2 Å². The molecule has 8 nitrogen and oxygen atoms in total. The van der Waals surface area contributed by atoms with E-state index in [1.807, 2.05) is 5.32 Å². The lowest BCUT2D eigenvalue weighted by Crippen LogP contribution is -2.39. The normalized spacial score (nSPS) is 12.0. The lowest BCUT2D eigenvalue weighted by Gasteiger charge is -2.09. The number of nitrogen functional groups attached to an aromatic ring is 1. The van der Waals surface area contributed by atoms with Crippen LogP contribution in [0.1, 0.15) is 6.92 Å². The summed E-state index contributed by atoms with van der Waals surface area (Å²) in [7, 11) is 0. The monoisotopic (exact) mass is 374 g/mol. The minimum Gasteiger partial charge on any atom is -0.351 e. The number of hydrogen-bond donors (Lipinski definition) is 3. The van der Waals surface area contributed by atoms with Crippen LogP contribution in [-0.2, 0) is 4.79 Å². The molecule has 1 aromatic carbocycles. The van der Waals surface area contributed by atoms with Crippen LogP contribution in [0.25, 0.3) is 11.4 Å². The smallest absolute Gasteiger partial charge is 0.318 e. The van der Waals surface area contributed by atoms with Crippen LogP contribution in [0, 0.1) is 0 Å². The summed E-state index contributed by atoms with van der Waals surface area (Å²) in [6.45, 7) is 1.57. The summed E-state index contributed by atoms with van der Waals surface area (Å²) >= 11 is 13.1. The van der Waals surface area contributed by atoms with Gasteiger partial charge in [0.25, 0.3) is 0 Å². The quantitative estimate of drug-likeness (QED) is 0.550. The van der Waals surface area contributed by atoms with E-state index in [0.717, 1.165) is 11.8 Å². The van der Waals surface area contributed by atoms with Gasteiger partial charge in [-0.3, -0.25) is 10.1 Å². The zero-order valence-electron chi connectivity index (χ0n) is 11.8. The average Bonchev–Trinajstić information content (AvgIpc) is 2.82. The number of carbonyl (C=O) groups excluding carboxylic acids is 2. The Kier molecular flexibility index (Phi) is 5.34. The Balaban J connectivity index is 2.24. The van der Waals surface area contributed by atoms with Gasteiger partial charge in [0.1, 0.15) is 0 Å². The molecule has 0 aliphatic heterocycles. The van der Waals surface area contributed by atoms with E-state index < -0.39 is 17.2 Å². The second kappa shape index (κ2) is 7.07. The number of benzene rings is 1. The van der Waals surface area contributed by atoms with Crippen LogP contribution >= 0.6 is 35.0 Å². The summed E-state index contributed by atoms with van der Waals surface area (Å²) in [5, 5.41) is 10.3. The van der Waals surface area contributed by atoms with Crippen LogP contribution in [-0.4, -0.2) is 32.1 Å². The van der Waals surface area contributed by atoms with Gasteiger partial charge in [-0.05, 0) is 25.1 Å². The summed E-state index contributed by atoms with van der Waals surface area (Å²) < 4.78 is 1.19. The molecule has 1 atom stereocenters. The zero-order chi connectivity index (χ0) is 17.1. The number of nitrogens with zero attached hydrogens (tertiary/aromatic N) is 3. The molecule has 0 fully saturated rings. The van der Waals surface area contributed by atoms with Crippen molar-refractivity contribution < 1.29 is 9.59 Å². The standard InChI is InChI=1S/C12H12Cl2N6O2S/c1-5(10(21)17-11(15)22)23-12-19-18-9(20(12)16)7-4-6(13)2-3-8(7)14/h2-5H,16H2,1H3,(H3,15,17,21,22)/t5-/m0/s1. The molecule has 0 saturated carbocycles. The van der Waals surface area contributed by atoms with Gasteiger partial charge in [0.05, 0.1) is 10.3 Å². The first-order valence-corrected chi connectivity index (χ1v) is 7.86. The molecule has 1 heterocycles. The van der Waals surface area contributed by atoms with E-state index in [9.17, 15) is 9.59 Å². The van der Waals surface area contributed by atoms with Crippen molar-refractivity contribution in [2.75, 3.05) is 5.84 Å². The fourth-order valence-corrected chi connectivity index (χ4v) is 2.79. The maximum Gasteiger partial charge on any atom is 0.318 e. The SMILES string of the molecule is C[C@H](Sc1nnc(-c2cc(Cl)ccc2Cl)n1N)C(=O)NC(N)=O. The third-order valence-electron chi connectivity index (χ3n) is 2.73. The highest BCUT2D eigenvalue weighted by molar-refractivity contribution is 8.00. The Labute approximate surface area is 145 Å². The second-order valence-electron chi connectivity index (χ2n) is 4.41. The molecular formula is C12H12Cl2N6O2S. The highest BCUT2D eigenvalue weighted by Gasteiger charge is 2.21. The Morgan fingerprint density at radius 2 is 2.04 bits per heavy atom. The van der Waals surface area contributed by atoms with Crippen molar-refractivity contribution in [3.63, 3.8) is 0 Å². The van der Waals surface area contributed by atoms with E-state index in [1.54, 1.807) is 25.1 Å². The van der Waals surface area contributed by atoms with Gasteiger partial charge in [0.15, 0.2) is 5.82 Å². The molecule has 23 heavy (non-hydrogen) atoms. The number of nitrogens with two attached hydrogens (primary N) is 2. The van der Waals surface area contributed by atoms with E-state index in [0.29, 0.717) is 21.4 Å². The number of hydrogen-bond acceptors (Lipinski definition) is 6. The predicted octanol–water partition coefficient (Wildman–Crippen LogP) is 1.64. The van der Waals surface area contributed by atoms with Crippen LogP contribution in [0.2, 0.25) is 10.0 Å². The van der Waals surface area contributed by atoms with Crippen molar-refractivity contribution in [2.45, 2.75) is 17.3 Å². The molecule has 1 aromatic heterocycles. The third kappa shape index (κ3) is 4.06. The maximum atomic E-state index is 11.7. The van der Waals surface area contributed by atoms with Gasteiger partial charge in [-0.25, -0.2) is 9.47 Å². The lowest BCUT2D eigenvalue weighted by atomic mass is 10.2. The van der Waals surface area contributed by atoms with Crippen LogP contribution in [0.15, 0.2) is 23.4 Å². The largest absolute Gasteiger partial charge is 0.351 e. The van der Waals surface area contributed by atoms with Gasteiger partial charge in [0, 0.05) is 10.6 Å². The molecule has 0 saturated heterocycles. The highest BCUT2D eigenvalue weighted by Crippen LogP contribution is 2.31. The molecule has 0 aliphatic rings. The average molecular weight is 375 g/mol. The molecule has 0 bridgehead atoms. The van der Waals surface area contributed by atoms with E-state index in [1.165, 1.54) is 4.68 Å². The number of imide groups is 1. The molecule has 2 aromatic rings. The lowest BCUT2D eigenvalue weighted by molar-refractivity contribution is -0.119. The van der Waals surface area contributed by atoms with Crippen LogP contribution in [0.3, 0.4) is 0 Å². The molecule has 11 heteroatoms. The molecule has 122 valence electrons. The number of halogens is 2. The van der Waals surface area contributed by atoms with Gasteiger partial charge >= 0.3 is 6.03 Å². The van der Waals surface area contributed by atoms with E-state index in [-0.39, 0.29) is 5.16 Å². The molecule has 0 aliphatic carbocycles. The Morgan fingerprint density at radius 3 is 2.70 bits per heavy atom. The van der Waals surface area contributed by atoms with Crippen LogP contribution in [0.5, 0.6) is 0 Å². The number of aromatic nitrogens is 3. The van der Waals surface area contributed by atoms with E-state index in [2.05, 4.69) is 10.2 Å². The van der Waals surface area contributed by atoms with Gasteiger partial charge < -0.3 is 11.6 Å². The maximum absolute atomic E-state index is 11.7. The number of amides is 3. The van der Waals surface area contributed by atoms with E-state index in [4.69, 9.17) is 34.8 Å². The number of nitrogens with one attached hydrogen (secondary N) is 1. The van der Waals surface area contributed by atoms with E-state index >= 15 is 0 Å². The molecule has 3 amide bonds. The molecular weight excluding hydrogens is 363 g/mol. The number of urea groups is 1. The van der Waals surface area contributed by atoms with Crippen molar-refractivity contribution >= 4 is 46.9 Å². The second-order valence-corrected chi connectivity index (χ2v) is 6.57. The van der Waals surface area contributed by atoms with Crippen molar-refractivity contribution in [1.29, 1.82) is 0 Å². The topological polar surface area (TPSA) is 129 Å². The minimum atomic E-state index is -0.928. The Morgan fingerprint density at radius 1 is 1.35 bits per heavy atom. The number of carbonyl (C=O) groups is 2. The number of thioether (sulfide) groups is 1.